The van der Waals surface area contributed by atoms with Gasteiger partial charge in [-0.3, -0.25) is 14.1 Å². The van der Waals surface area contributed by atoms with Crippen LogP contribution >= 0.6 is 0 Å². The Labute approximate surface area is 370 Å². The maximum absolute atomic E-state index is 15.6. The van der Waals surface area contributed by atoms with Crippen molar-refractivity contribution in [3.05, 3.63) is 48.4 Å². The molecular weight excluding hydrogens is 806 g/mol. The fourth-order valence-corrected chi connectivity index (χ4v) is 11.8. The molecule has 12 heteroatoms. The van der Waals surface area contributed by atoms with Crippen LogP contribution in [0, 0.1) is 5.82 Å². The lowest BCUT2D eigenvalue weighted by atomic mass is 9.96. The number of likely N-dealkylation sites (N-methyl/N-ethyl adjacent to an activating group) is 1. The van der Waals surface area contributed by atoms with E-state index in [1.807, 2.05) is 12.1 Å². The minimum Gasteiger partial charge on any atom is -0.491 e. The molecule has 3 aliphatic heterocycles. The Morgan fingerprint density at radius 2 is 1.25 bits per heavy atom. The summed E-state index contributed by atoms with van der Waals surface area (Å²) < 4.78 is 63.0. The van der Waals surface area contributed by atoms with Crippen molar-refractivity contribution in [3.63, 3.8) is 0 Å². The Morgan fingerprint density at radius 1 is 0.705 bits per heavy atom. The molecule has 0 N–H and O–H groups in total. The molecule has 4 heterocycles. The van der Waals surface area contributed by atoms with Gasteiger partial charge in [-0.05, 0) is 88.6 Å². The van der Waals surface area contributed by atoms with Gasteiger partial charge in [0.1, 0.15) is 4.90 Å². The smallest absolute Gasteiger partial charge is 0.210 e. The largest absolute Gasteiger partial charge is 0.491 e. The molecule has 61 heavy (non-hydrogen) atoms. The lowest BCUT2D eigenvalue weighted by molar-refractivity contribution is 0.0495. The van der Waals surface area contributed by atoms with E-state index in [2.05, 4.69) is 38.6 Å². The third kappa shape index (κ3) is 13.7. The summed E-state index contributed by atoms with van der Waals surface area (Å²) in [7, 11) is -3.24. The maximum Gasteiger partial charge on any atom is 0.210 e. The van der Waals surface area contributed by atoms with Crippen LogP contribution in [-0.4, -0.2) is 117 Å². The number of nitrogens with zero attached hydrogens (tertiary/aromatic N) is 5. The van der Waals surface area contributed by atoms with Gasteiger partial charge in [0.2, 0.25) is 9.84 Å². The second kappa shape index (κ2) is 24.4. The first-order valence-corrected chi connectivity index (χ1v) is 27.0. The van der Waals surface area contributed by atoms with Gasteiger partial charge in [-0.2, -0.15) is 0 Å². The highest BCUT2D eigenvalue weighted by molar-refractivity contribution is 7.91. The highest BCUT2D eigenvalue weighted by Crippen LogP contribution is 2.39. The molecule has 1 unspecified atom stereocenters. The molecular formula is C49H76FN5O4S2. The molecule has 0 aliphatic carbocycles. The summed E-state index contributed by atoms with van der Waals surface area (Å²) in [5.41, 5.74) is 1.20. The molecule has 0 saturated carbocycles. The number of sulfone groups is 1. The van der Waals surface area contributed by atoms with E-state index >= 15 is 4.39 Å². The standard InChI is InChI=1S/C49H76FN5O4S2/c1-4-5-6-7-8-9-10-11-12-13-14-15-16-17-18-19-36-59-47-23-21-43(38-45(47)50)61(57,58)48-39-51-46-22-20-42(60(3)56)37-44(46)49(48)55-30-26-40(27-31-55)53-28-24-41(25-29-53)54-34-32-52(2)33-35-54/h20-23,37-41H,4-19,24-36H2,1-3H3. The van der Waals surface area contributed by atoms with Crippen LogP contribution in [0.25, 0.3) is 10.9 Å². The van der Waals surface area contributed by atoms with Gasteiger partial charge in [0.05, 0.1) is 22.7 Å². The average molecular weight is 882 g/mol. The highest BCUT2D eigenvalue weighted by Gasteiger charge is 2.34. The number of likely N-dealkylation sites (tertiary alicyclic amines) is 1. The Kier molecular flexibility index (Phi) is 19.2. The lowest BCUT2D eigenvalue weighted by Crippen LogP contribution is -2.54. The van der Waals surface area contributed by atoms with Crippen LogP contribution in [0.4, 0.5) is 10.1 Å². The molecule has 0 amide bonds. The van der Waals surface area contributed by atoms with Crippen molar-refractivity contribution in [1.82, 2.24) is 19.7 Å². The topological polar surface area (TPSA) is 86.3 Å². The Hall–Kier alpha value is -2.64. The van der Waals surface area contributed by atoms with E-state index in [-0.39, 0.29) is 15.5 Å². The lowest BCUT2D eigenvalue weighted by Gasteiger charge is -2.46. The van der Waals surface area contributed by atoms with Crippen molar-refractivity contribution in [3.8, 4) is 5.75 Å². The number of hydrogen-bond donors (Lipinski definition) is 0. The minimum absolute atomic E-state index is 0.0479. The number of halogens is 1. The quantitative estimate of drug-likeness (QED) is 0.0817. The van der Waals surface area contributed by atoms with E-state index in [9.17, 15) is 12.6 Å². The number of rotatable bonds is 24. The Morgan fingerprint density at radius 3 is 1.80 bits per heavy atom. The van der Waals surface area contributed by atoms with Gasteiger partial charge in [0, 0.05) is 84.9 Å². The van der Waals surface area contributed by atoms with E-state index in [4.69, 9.17) is 4.74 Å². The van der Waals surface area contributed by atoms with Gasteiger partial charge < -0.3 is 19.4 Å². The van der Waals surface area contributed by atoms with Crippen LogP contribution in [0.5, 0.6) is 5.75 Å². The molecule has 1 aromatic heterocycles. The normalized spacial score (nSPS) is 18.6. The molecule has 3 aromatic rings. The molecule has 9 nitrogen and oxygen atoms in total. The first-order chi connectivity index (χ1) is 29.7. The Balaban J connectivity index is 1.00. The van der Waals surface area contributed by atoms with Crippen LogP contribution < -0.4 is 9.64 Å². The van der Waals surface area contributed by atoms with Crippen LogP contribution in [0.15, 0.2) is 57.3 Å². The second-order valence-electron chi connectivity index (χ2n) is 18.2. The van der Waals surface area contributed by atoms with Crippen LogP contribution in [-0.2, 0) is 20.6 Å². The van der Waals surface area contributed by atoms with Crippen LogP contribution in [0.2, 0.25) is 0 Å². The molecule has 340 valence electrons. The zero-order chi connectivity index (χ0) is 43.0. The van der Waals surface area contributed by atoms with Crippen molar-refractivity contribution in [2.45, 2.75) is 162 Å². The fourth-order valence-electron chi connectivity index (χ4n) is 9.82. The van der Waals surface area contributed by atoms with Gasteiger partial charge >= 0.3 is 0 Å². The first kappa shape index (κ1) is 47.8. The zero-order valence-corrected chi connectivity index (χ0v) is 39.4. The molecule has 0 bridgehead atoms. The fraction of sp³-hybridized carbons (Fsp3) is 0.694. The van der Waals surface area contributed by atoms with Crippen LogP contribution in [0.3, 0.4) is 0 Å². The van der Waals surface area contributed by atoms with Crippen molar-refractivity contribution < 1.29 is 21.8 Å². The molecule has 3 fully saturated rings. The number of benzene rings is 2. The number of piperidine rings is 2. The monoisotopic (exact) mass is 882 g/mol. The van der Waals surface area contributed by atoms with Gasteiger partial charge in [-0.1, -0.05) is 103 Å². The summed E-state index contributed by atoms with van der Waals surface area (Å²) in [6.07, 6.45) is 27.8. The highest BCUT2D eigenvalue weighted by atomic mass is 32.2. The van der Waals surface area contributed by atoms with E-state index < -0.39 is 26.5 Å². The molecule has 0 spiro atoms. The third-order valence-electron chi connectivity index (χ3n) is 13.7. The predicted octanol–water partition coefficient (Wildman–Crippen LogP) is 10.3. The van der Waals surface area contributed by atoms with Crippen molar-refractivity contribution in [1.29, 1.82) is 0 Å². The SMILES string of the molecule is CCCCCCCCCCCCCCCCCCOc1ccc(S(=O)(=O)c2cnc3ccc(S(C)=O)cc3c2N2CCC(N3CCC(N4CCN(C)CC4)CC3)CC2)cc1F. The number of hydrogen-bond acceptors (Lipinski definition) is 9. The third-order valence-corrected chi connectivity index (χ3v) is 16.4. The van der Waals surface area contributed by atoms with E-state index in [0.717, 1.165) is 77.4 Å². The number of unbranched alkanes of at least 4 members (excludes halogenated alkanes) is 15. The number of fused-ring (bicyclic) bond motifs is 1. The minimum atomic E-state index is -4.18. The van der Waals surface area contributed by atoms with Crippen molar-refractivity contribution in [2.24, 2.45) is 0 Å². The molecule has 6 rings (SSSR count). The van der Waals surface area contributed by atoms with Crippen LogP contribution in [0.1, 0.15) is 135 Å². The molecule has 0 radical (unpaired) electrons. The maximum atomic E-state index is 15.6. The van der Waals surface area contributed by atoms with Gasteiger partial charge in [-0.25, -0.2) is 12.8 Å². The molecule has 1 atom stereocenters. The van der Waals surface area contributed by atoms with Crippen molar-refractivity contribution in [2.75, 3.05) is 77.2 Å². The van der Waals surface area contributed by atoms with E-state index in [0.29, 0.717) is 53.3 Å². The Bertz CT molecular complexity index is 1930. The molecule has 2 aromatic carbocycles. The predicted molar refractivity (Wildman–Crippen MR) is 250 cm³/mol. The molecule has 3 aliphatic rings. The summed E-state index contributed by atoms with van der Waals surface area (Å²) >= 11 is 0. The number of aromatic nitrogens is 1. The molecule has 3 saturated heterocycles. The summed E-state index contributed by atoms with van der Waals surface area (Å²) in [6, 6.07) is 10.5. The zero-order valence-electron chi connectivity index (χ0n) is 37.8. The van der Waals surface area contributed by atoms with Gasteiger partial charge in [0.25, 0.3) is 0 Å². The second-order valence-corrected chi connectivity index (χ2v) is 21.5. The summed E-state index contributed by atoms with van der Waals surface area (Å²) in [4.78, 5) is 15.0. The van der Waals surface area contributed by atoms with Gasteiger partial charge in [-0.15, -0.1) is 0 Å². The van der Waals surface area contributed by atoms with E-state index in [1.54, 1.807) is 12.3 Å². The summed E-state index contributed by atoms with van der Waals surface area (Å²) in [5, 5.41) is 0.652. The van der Waals surface area contributed by atoms with E-state index in [1.165, 1.54) is 115 Å². The first-order valence-electron chi connectivity index (χ1n) is 24.0. The number of pyridine rings is 1. The summed E-state index contributed by atoms with van der Waals surface area (Å²) in [5.74, 6) is -0.616. The number of piperazine rings is 1. The van der Waals surface area contributed by atoms with Gasteiger partial charge in [0.15, 0.2) is 11.6 Å². The van der Waals surface area contributed by atoms with Crippen molar-refractivity contribution >= 4 is 37.2 Å². The number of anilines is 1. The number of ether oxygens (including phenoxy) is 1. The summed E-state index contributed by atoms with van der Waals surface area (Å²) in [6.45, 7) is 10.8. The average Bonchev–Trinajstić information content (AvgIpc) is 3.27.